The minimum Gasteiger partial charge on any atom is -0.465 e. The van der Waals surface area contributed by atoms with Crippen LogP contribution in [0.2, 0.25) is 0 Å². The van der Waals surface area contributed by atoms with Crippen molar-refractivity contribution in [2.75, 3.05) is 30.4 Å². The van der Waals surface area contributed by atoms with E-state index in [0.29, 0.717) is 17.9 Å². The molecule has 1 amide bonds. The standard InChI is InChI=1S/C20H28N2O3/c1-25-20(24)16-9-10-18(22-12-4-5-13-22)17(14-16)21-19(23)11-8-15-6-2-3-7-15/h9-10,14-15H,2-8,11-13H2,1H3,(H,21,23). The number of nitrogens with zero attached hydrogens (tertiary/aromatic N) is 1. The highest BCUT2D eigenvalue weighted by atomic mass is 16.5. The molecule has 1 aliphatic carbocycles. The summed E-state index contributed by atoms with van der Waals surface area (Å²) in [4.78, 5) is 26.5. The Hall–Kier alpha value is -2.04. The SMILES string of the molecule is COC(=O)c1ccc(N2CCCC2)c(NC(=O)CCC2CCCC2)c1. The van der Waals surface area contributed by atoms with E-state index >= 15 is 0 Å². The Morgan fingerprint density at radius 3 is 2.56 bits per heavy atom. The summed E-state index contributed by atoms with van der Waals surface area (Å²) in [7, 11) is 1.37. The van der Waals surface area contributed by atoms with Crippen molar-refractivity contribution in [3.63, 3.8) is 0 Å². The molecule has 1 N–H and O–H groups in total. The van der Waals surface area contributed by atoms with Crippen molar-refractivity contribution in [3.05, 3.63) is 23.8 Å². The summed E-state index contributed by atoms with van der Waals surface area (Å²) >= 11 is 0. The first-order chi connectivity index (χ1) is 12.2. The van der Waals surface area contributed by atoms with Crippen LogP contribution in [-0.2, 0) is 9.53 Å². The maximum Gasteiger partial charge on any atom is 0.337 e. The van der Waals surface area contributed by atoms with Crippen molar-refractivity contribution >= 4 is 23.3 Å². The number of amides is 1. The van der Waals surface area contributed by atoms with Gasteiger partial charge < -0.3 is 15.0 Å². The Kier molecular flexibility index (Phi) is 5.95. The molecule has 1 aromatic rings. The largest absolute Gasteiger partial charge is 0.465 e. The second kappa shape index (κ2) is 8.37. The predicted octanol–water partition coefficient (Wildman–Crippen LogP) is 3.98. The van der Waals surface area contributed by atoms with Gasteiger partial charge in [-0.1, -0.05) is 25.7 Å². The molecule has 0 atom stereocenters. The number of ether oxygens (including phenoxy) is 1. The van der Waals surface area contributed by atoms with E-state index in [1.54, 1.807) is 12.1 Å². The van der Waals surface area contributed by atoms with E-state index in [1.165, 1.54) is 32.8 Å². The number of benzene rings is 1. The molecule has 136 valence electrons. The van der Waals surface area contributed by atoms with Gasteiger partial charge in [-0.05, 0) is 43.4 Å². The lowest BCUT2D eigenvalue weighted by atomic mass is 10.0. The summed E-state index contributed by atoms with van der Waals surface area (Å²) in [5.74, 6) is 0.356. The third-order valence-electron chi connectivity index (χ3n) is 5.39. The summed E-state index contributed by atoms with van der Waals surface area (Å²) in [5, 5.41) is 3.04. The van der Waals surface area contributed by atoms with Crippen molar-refractivity contribution < 1.29 is 14.3 Å². The van der Waals surface area contributed by atoms with Gasteiger partial charge in [-0.3, -0.25) is 4.79 Å². The minimum absolute atomic E-state index is 0.0364. The van der Waals surface area contributed by atoms with E-state index in [1.807, 2.05) is 6.07 Å². The zero-order valence-corrected chi connectivity index (χ0v) is 15.1. The summed E-state index contributed by atoms with van der Waals surface area (Å²) < 4.78 is 4.81. The van der Waals surface area contributed by atoms with Gasteiger partial charge >= 0.3 is 5.97 Å². The van der Waals surface area contributed by atoms with Gasteiger partial charge in [-0.2, -0.15) is 0 Å². The van der Waals surface area contributed by atoms with Crippen LogP contribution in [-0.4, -0.2) is 32.1 Å². The fourth-order valence-corrected chi connectivity index (χ4v) is 3.96. The number of methoxy groups -OCH3 is 1. The fraction of sp³-hybridized carbons (Fsp3) is 0.600. The van der Waals surface area contributed by atoms with Gasteiger partial charge in [-0.25, -0.2) is 4.79 Å². The van der Waals surface area contributed by atoms with Gasteiger partial charge in [0, 0.05) is 19.5 Å². The summed E-state index contributed by atoms with van der Waals surface area (Å²) in [6.45, 7) is 1.98. The lowest BCUT2D eigenvalue weighted by Gasteiger charge is -2.22. The molecule has 25 heavy (non-hydrogen) atoms. The molecular weight excluding hydrogens is 316 g/mol. The fourth-order valence-electron chi connectivity index (χ4n) is 3.96. The molecule has 2 fully saturated rings. The third kappa shape index (κ3) is 4.53. The van der Waals surface area contributed by atoms with Crippen LogP contribution in [0.3, 0.4) is 0 Å². The van der Waals surface area contributed by atoms with Crippen LogP contribution in [0.5, 0.6) is 0 Å². The Morgan fingerprint density at radius 1 is 1.16 bits per heavy atom. The smallest absolute Gasteiger partial charge is 0.337 e. The molecule has 2 aliphatic rings. The monoisotopic (exact) mass is 344 g/mol. The van der Waals surface area contributed by atoms with Gasteiger partial charge in [0.15, 0.2) is 0 Å². The maximum atomic E-state index is 12.4. The number of esters is 1. The molecule has 5 nitrogen and oxygen atoms in total. The van der Waals surface area contributed by atoms with Crippen molar-refractivity contribution in [3.8, 4) is 0 Å². The molecular formula is C20H28N2O3. The van der Waals surface area contributed by atoms with E-state index in [-0.39, 0.29) is 11.9 Å². The number of carbonyl (C=O) groups is 2. The van der Waals surface area contributed by atoms with Crippen molar-refractivity contribution in [1.82, 2.24) is 0 Å². The Morgan fingerprint density at radius 2 is 1.88 bits per heavy atom. The van der Waals surface area contributed by atoms with E-state index in [0.717, 1.165) is 43.7 Å². The topological polar surface area (TPSA) is 58.6 Å². The highest BCUT2D eigenvalue weighted by Crippen LogP contribution is 2.32. The highest BCUT2D eigenvalue weighted by Gasteiger charge is 2.20. The molecule has 1 aromatic carbocycles. The van der Waals surface area contributed by atoms with Crippen molar-refractivity contribution in [1.29, 1.82) is 0 Å². The van der Waals surface area contributed by atoms with E-state index in [4.69, 9.17) is 4.74 Å². The molecule has 0 unspecified atom stereocenters. The Balaban J connectivity index is 1.71. The molecule has 5 heteroatoms. The van der Waals surface area contributed by atoms with Crippen LogP contribution in [0.1, 0.15) is 61.7 Å². The number of anilines is 2. The van der Waals surface area contributed by atoms with Crippen LogP contribution in [0.4, 0.5) is 11.4 Å². The maximum absolute atomic E-state index is 12.4. The van der Waals surface area contributed by atoms with Gasteiger partial charge in [-0.15, -0.1) is 0 Å². The Bertz CT molecular complexity index is 617. The normalized spacial score (nSPS) is 17.7. The van der Waals surface area contributed by atoms with Crippen molar-refractivity contribution in [2.24, 2.45) is 5.92 Å². The molecule has 0 bridgehead atoms. The minimum atomic E-state index is -0.380. The van der Waals surface area contributed by atoms with Crippen LogP contribution in [0.15, 0.2) is 18.2 Å². The predicted molar refractivity (Wildman–Crippen MR) is 99.1 cm³/mol. The first-order valence-corrected chi connectivity index (χ1v) is 9.44. The molecule has 1 saturated heterocycles. The van der Waals surface area contributed by atoms with Crippen LogP contribution >= 0.6 is 0 Å². The molecule has 1 heterocycles. The molecule has 0 spiro atoms. The lowest BCUT2D eigenvalue weighted by molar-refractivity contribution is -0.116. The summed E-state index contributed by atoms with van der Waals surface area (Å²) in [5.41, 5.74) is 2.19. The second-order valence-corrected chi connectivity index (χ2v) is 7.15. The number of carbonyl (C=O) groups excluding carboxylic acids is 2. The highest BCUT2D eigenvalue weighted by molar-refractivity contribution is 5.98. The van der Waals surface area contributed by atoms with E-state index in [9.17, 15) is 9.59 Å². The zero-order valence-electron chi connectivity index (χ0n) is 15.1. The van der Waals surface area contributed by atoms with Crippen molar-refractivity contribution in [2.45, 2.75) is 51.4 Å². The zero-order chi connectivity index (χ0) is 17.6. The van der Waals surface area contributed by atoms with Gasteiger partial charge in [0.05, 0.1) is 24.0 Å². The first kappa shape index (κ1) is 17.8. The quantitative estimate of drug-likeness (QED) is 0.793. The summed E-state index contributed by atoms with van der Waals surface area (Å²) in [6, 6.07) is 5.44. The average molecular weight is 344 g/mol. The van der Waals surface area contributed by atoms with E-state index in [2.05, 4.69) is 10.2 Å². The molecule has 1 aliphatic heterocycles. The number of hydrogen-bond donors (Lipinski definition) is 1. The third-order valence-corrected chi connectivity index (χ3v) is 5.39. The molecule has 3 rings (SSSR count). The average Bonchev–Trinajstić information content (AvgIpc) is 3.33. The molecule has 0 radical (unpaired) electrons. The second-order valence-electron chi connectivity index (χ2n) is 7.15. The van der Waals surface area contributed by atoms with Crippen LogP contribution < -0.4 is 10.2 Å². The molecule has 0 aromatic heterocycles. The van der Waals surface area contributed by atoms with E-state index < -0.39 is 0 Å². The number of hydrogen-bond acceptors (Lipinski definition) is 4. The van der Waals surface area contributed by atoms with Crippen LogP contribution in [0.25, 0.3) is 0 Å². The molecule has 1 saturated carbocycles. The van der Waals surface area contributed by atoms with Gasteiger partial charge in [0.1, 0.15) is 0 Å². The lowest BCUT2D eigenvalue weighted by Crippen LogP contribution is -2.21. The van der Waals surface area contributed by atoms with Gasteiger partial charge in [0.25, 0.3) is 0 Å². The number of nitrogens with one attached hydrogen (secondary N) is 1. The number of rotatable bonds is 6. The Labute approximate surface area is 149 Å². The van der Waals surface area contributed by atoms with Gasteiger partial charge in [0.2, 0.25) is 5.91 Å². The van der Waals surface area contributed by atoms with Crippen LogP contribution in [0, 0.1) is 5.92 Å². The first-order valence-electron chi connectivity index (χ1n) is 9.44. The summed E-state index contributed by atoms with van der Waals surface area (Å²) in [6.07, 6.45) is 8.93.